The Morgan fingerprint density at radius 2 is 1.82 bits per heavy atom. The standard InChI is InChI=1S/C30H28N8/c1-3-36-18-26(33-19-36)29-25(14-23-6-4-11-31-30(23)34-29)27-16-32-28-15-24(20(2)35-38(27)28)22-9-7-21(8-10-22)17-37-12-5-13-37/h4,6-11,14-16,18-19H,3,5,12-13,17H2,1-2H3. The molecule has 0 amide bonds. The maximum Gasteiger partial charge on any atom is 0.159 e. The second-order valence-corrected chi connectivity index (χ2v) is 9.91. The molecule has 1 aromatic carbocycles. The number of benzene rings is 1. The van der Waals surface area contributed by atoms with E-state index in [0.717, 1.165) is 63.6 Å². The van der Waals surface area contributed by atoms with Crippen LogP contribution in [0.4, 0.5) is 0 Å². The summed E-state index contributed by atoms with van der Waals surface area (Å²) >= 11 is 0. The number of hydrogen-bond acceptors (Lipinski definition) is 6. The molecule has 1 fully saturated rings. The highest BCUT2D eigenvalue weighted by atomic mass is 15.3. The van der Waals surface area contributed by atoms with E-state index in [1.807, 2.05) is 39.9 Å². The molecule has 0 saturated carbocycles. The molecule has 8 nitrogen and oxygen atoms in total. The Hall–Kier alpha value is -4.43. The zero-order valence-electron chi connectivity index (χ0n) is 21.5. The predicted octanol–water partition coefficient (Wildman–Crippen LogP) is 5.40. The van der Waals surface area contributed by atoms with Crippen LogP contribution in [0.15, 0.2) is 73.4 Å². The molecule has 1 aliphatic heterocycles. The predicted molar refractivity (Wildman–Crippen MR) is 148 cm³/mol. The highest BCUT2D eigenvalue weighted by Crippen LogP contribution is 2.33. The Kier molecular flexibility index (Phi) is 5.47. The molecule has 0 bridgehead atoms. The first-order valence-electron chi connectivity index (χ1n) is 13.1. The van der Waals surface area contributed by atoms with Gasteiger partial charge in [0.1, 0.15) is 11.4 Å². The van der Waals surface area contributed by atoms with Gasteiger partial charge in [-0.05, 0) is 68.8 Å². The second kappa shape index (κ2) is 9.15. The van der Waals surface area contributed by atoms with E-state index in [1.165, 1.54) is 25.1 Å². The summed E-state index contributed by atoms with van der Waals surface area (Å²) in [5.41, 5.74) is 9.39. The molecule has 7 rings (SSSR count). The van der Waals surface area contributed by atoms with Gasteiger partial charge in [-0.15, -0.1) is 0 Å². The first kappa shape index (κ1) is 22.7. The Morgan fingerprint density at radius 1 is 0.947 bits per heavy atom. The van der Waals surface area contributed by atoms with Crippen molar-refractivity contribution in [3.8, 4) is 33.8 Å². The Balaban J connectivity index is 1.32. The minimum absolute atomic E-state index is 0.690. The fraction of sp³-hybridized carbons (Fsp3) is 0.233. The number of hydrogen-bond donors (Lipinski definition) is 0. The summed E-state index contributed by atoms with van der Waals surface area (Å²) in [5.74, 6) is 0. The smallest absolute Gasteiger partial charge is 0.159 e. The molecule has 1 saturated heterocycles. The topological polar surface area (TPSA) is 77.0 Å². The van der Waals surface area contributed by atoms with Crippen LogP contribution in [0.3, 0.4) is 0 Å². The van der Waals surface area contributed by atoms with Crippen molar-refractivity contribution in [3.05, 3.63) is 84.7 Å². The van der Waals surface area contributed by atoms with Crippen molar-refractivity contribution in [1.29, 1.82) is 0 Å². The Bertz CT molecular complexity index is 1780. The van der Waals surface area contributed by atoms with Crippen molar-refractivity contribution in [3.63, 3.8) is 0 Å². The zero-order chi connectivity index (χ0) is 25.6. The van der Waals surface area contributed by atoms with Crippen LogP contribution in [-0.4, -0.2) is 52.1 Å². The van der Waals surface area contributed by atoms with Crippen LogP contribution in [0.1, 0.15) is 24.6 Å². The van der Waals surface area contributed by atoms with Crippen LogP contribution in [0.2, 0.25) is 0 Å². The first-order chi connectivity index (χ1) is 18.7. The molecule has 0 spiro atoms. The highest BCUT2D eigenvalue weighted by Gasteiger charge is 2.19. The lowest BCUT2D eigenvalue weighted by molar-refractivity contribution is 0.172. The van der Waals surface area contributed by atoms with Gasteiger partial charge in [0.05, 0.1) is 23.9 Å². The van der Waals surface area contributed by atoms with Crippen molar-refractivity contribution >= 4 is 16.7 Å². The monoisotopic (exact) mass is 500 g/mol. The third-order valence-electron chi connectivity index (χ3n) is 7.40. The van der Waals surface area contributed by atoms with E-state index < -0.39 is 0 Å². The van der Waals surface area contributed by atoms with Gasteiger partial charge >= 0.3 is 0 Å². The molecule has 5 aromatic heterocycles. The SMILES string of the molecule is CCn1cnc(-c2nc3ncccc3cc2-c2cnc3cc(-c4ccc(CN5CCC5)cc4)c(C)nn23)c1. The average Bonchev–Trinajstić information content (AvgIpc) is 3.57. The minimum Gasteiger partial charge on any atom is -0.337 e. The molecule has 6 aromatic rings. The average molecular weight is 501 g/mol. The lowest BCUT2D eigenvalue weighted by Gasteiger charge is -2.30. The molecule has 38 heavy (non-hydrogen) atoms. The fourth-order valence-corrected chi connectivity index (χ4v) is 5.12. The number of pyridine rings is 2. The van der Waals surface area contributed by atoms with E-state index >= 15 is 0 Å². The van der Waals surface area contributed by atoms with Gasteiger partial charge < -0.3 is 4.57 Å². The van der Waals surface area contributed by atoms with E-state index in [4.69, 9.17) is 15.1 Å². The molecule has 0 atom stereocenters. The maximum absolute atomic E-state index is 4.99. The van der Waals surface area contributed by atoms with E-state index in [9.17, 15) is 0 Å². The van der Waals surface area contributed by atoms with Gasteiger partial charge in [-0.3, -0.25) is 4.90 Å². The molecule has 188 valence electrons. The molecular weight excluding hydrogens is 472 g/mol. The lowest BCUT2D eigenvalue weighted by atomic mass is 10.0. The van der Waals surface area contributed by atoms with Crippen LogP contribution < -0.4 is 0 Å². The quantitative estimate of drug-likeness (QED) is 0.305. The summed E-state index contributed by atoms with van der Waals surface area (Å²) in [4.78, 5) is 21.3. The van der Waals surface area contributed by atoms with Crippen LogP contribution in [-0.2, 0) is 13.1 Å². The number of imidazole rings is 2. The summed E-state index contributed by atoms with van der Waals surface area (Å²) in [7, 11) is 0. The Labute approximate surface area is 220 Å². The summed E-state index contributed by atoms with van der Waals surface area (Å²) in [5, 5.41) is 5.96. The number of likely N-dealkylation sites (tertiary alicyclic amines) is 1. The van der Waals surface area contributed by atoms with E-state index in [-0.39, 0.29) is 0 Å². The summed E-state index contributed by atoms with van der Waals surface area (Å²) in [6.07, 6.45) is 8.81. The molecular formula is C30H28N8. The van der Waals surface area contributed by atoms with Gasteiger partial charge in [0.2, 0.25) is 0 Å². The molecule has 6 heterocycles. The molecule has 0 radical (unpaired) electrons. The van der Waals surface area contributed by atoms with Crippen LogP contribution >= 0.6 is 0 Å². The number of nitrogens with zero attached hydrogens (tertiary/aromatic N) is 8. The number of fused-ring (bicyclic) bond motifs is 2. The van der Waals surface area contributed by atoms with Crippen molar-refractivity contribution in [1.82, 2.24) is 39.0 Å². The van der Waals surface area contributed by atoms with Gasteiger partial charge in [0, 0.05) is 42.0 Å². The largest absolute Gasteiger partial charge is 0.337 e. The van der Waals surface area contributed by atoms with E-state index in [1.54, 1.807) is 6.20 Å². The minimum atomic E-state index is 0.690. The number of aromatic nitrogens is 7. The van der Waals surface area contributed by atoms with Crippen LogP contribution in [0, 0.1) is 6.92 Å². The van der Waals surface area contributed by atoms with Gasteiger partial charge in [0.15, 0.2) is 11.3 Å². The van der Waals surface area contributed by atoms with Gasteiger partial charge in [-0.2, -0.15) is 5.10 Å². The second-order valence-electron chi connectivity index (χ2n) is 9.91. The zero-order valence-corrected chi connectivity index (χ0v) is 21.5. The Morgan fingerprint density at radius 3 is 2.58 bits per heavy atom. The third kappa shape index (κ3) is 3.94. The van der Waals surface area contributed by atoms with E-state index in [0.29, 0.717) is 5.65 Å². The van der Waals surface area contributed by atoms with Crippen molar-refractivity contribution < 1.29 is 0 Å². The molecule has 8 heteroatoms. The molecule has 0 unspecified atom stereocenters. The molecule has 0 N–H and O–H groups in total. The number of aryl methyl sites for hydroxylation is 2. The van der Waals surface area contributed by atoms with Crippen LogP contribution in [0.5, 0.6) is 0 Å². The maximum atomic E-state index is 4.99. The van der Waals surface area contributed by atoms with Crippen molar-refractivity contribution in [2.75, 3.05) is 13.1 Å². The summed E-state index contributed by atoms with van der Waals surface area (Å²) in [6, 6.07) is 17.0. The van der Waals surface area contributed by atoms with Crippen molar-refractivity contribution in [2.24, 2.45) is 0 Å². The van der Waals surface area contributed by atoms with E-state index in [2.05, 4.69) is 65.1 Å². The summed E-state index contributed by atoms with van der Waals surface area (Å²) < 4.78 is 3.96. The van der Waals surface area contributed by atoms with Gasteiger partial charge in [-0.25, -0.2) is 24.5 Å². The number of rotatable bonds is 6. The van der Waals surface area contributed by atoms with Gasteiger partial charge in [0.25, 0.3) is 0 Å². The van der Waals surface area contributed by atoms with Crippen molar-refractivity contribution in [2.45, 2.75) is 33.4 Å². The third-order valence-corrected chi connectivity index (χ3v) is 7.40. The fourth-order valence-electron chi connectivity index (χ4n) is 5.12. The first-order valence-corrected chi connectivity index (χ1v) is 13.1. The molecule has 0 aliphatic carbocycles. The normalized spacial score (nSPS) is 13.8. The lowest BCUT2D eigenvalue weighted by Crippen LogP contribution is -2.36. The van der Waals surface area contributed by atoms with Crippen LogP contribution in [0.25, 0.3) is 50.5 Å². The molecule has 1 aliphatic rings. The van der Waals surface area contributed by atoms with Gasteiger partial charge in [-0.1, -0.05) is 24.3 Å². The highest BCUT2D eigenvalue weighted by molar-refractivity contribution is 5.89. The summed E-state index contributed by atoms with van der Waals surface area (Å²) in [6.45, 7) is 8.42.